The predicted molar refractivity (Wildman–Crippen MR) is 98.2 cm³/mol. The van der Waals surface area contributed by atoms with E-state index in [0.717, 1.165) is 22.2 Å². The molecule has 1 amide bonds. The van der Waals surface area contributed by atoms with Crippen LogP contribution in [0.5, 0.6) is 0 Å². The minimum Gasteiger partial charge on any atom is -0.368 e. The second kappa shape index (κ2) is 6.48. The Balaban J connectivity index is 1.65. The summed E-state index contributed by atoms with van der Waals surface area (Å²) in [5, 5.41) is 13.5. The molecule has 0 fully saturated rings. The van der Waals surface area contributed by atoms with Gasteiger partial charge in [-0.25, -0.2) is 14.6 Å². The summed E-state index contributed by atoms with van der Waals surface area (Å²) < 4.78 is 3.13. The Morgan fingerprint density at radius 1 is 1.19 bits per heavy atom. The van der Waals surface area contributed by atoms with Crippen molar-refractivity contribution in [1.29, 1.82) is 0 Å². The highest BCUT2D eigenvalue weighted by Crippen LogP contribution is 2.26. The van der Waals surface area contributed by atoms with Gasteiger partial charge in [-0.3, -0.25) is 9.48 Å². The van der Waals surface area contributed by atoms with Crippen LogP contribution in [0.25, 0.3) is 22.3 Å². The van der Waals surface area contributed by atoms with E-state index < -0.39 is 5.91 Å². The van der Waals surface area contributed by atoms with Crippen LogP contribution in [-0.4, -0.2) is 40.6 Å². The van der Waals surface area contributed by atoms with Gasteiger partial charge < -0.3 is 11.5 Å². The van der Waals surface area contributed by atoms with E-state index in [1.165, 1.54) is 4.68 Å². The number of para-hydroxylation sites is 1. The first-order valence-corrected chi connectivity index (χ1v) is 8.23. The van der Waals surface area contributed by atoms with E-state index in [9.17, 15) is 4.79 Å². The fourth-order valence-electron chi connectivity index (χ4n) is 2.89. The summed E-state index contributed by atoms with van der Waals surface area (Å²) in [5.74, 6) is -0.261. The number of aromatic nitrogens is 7. The number of carbonyl (C=O) groups excluding carboxylic acids is 1. The number of anilines is 1. The van der Waals surface area contributed by atoms with E-state index >= 15 is 0 Å². The van der Waals surface area contributed by atoms with Crippen LogP contribution in [0.2, 0.25) is 0 Å². The molecular formula is C17H17N9O. The third kappa shape index (κ3) is 3.32. The molecule has 4 N–H and O–H groups in total. The Morgan fingerprint density at radius 2 is 2.04 bits per heavy atom. The lowest BCUT2D eigenvalue weighted by Crippen LogP contribution is -2.19. The fraction of sp³-hybridized carbons (Fsp3) is 0.176. The van der Waals surface area contributed by atoms with Crippen LogP contribution in [0.3, 0.4) is 0 Å². The zero-order chi connectivity index (χ0) is 19.0. The van der Waals surface area contributed by atoms with Crippen molar-refractivity contribution in [3.63, 3.8) is 0 Å². The maximum Gasteiger partial charge on any atom is 0.239 e. The van der Waals surface area contributed by atoms with Crippen LogP contribution >= 0.6 is 0 Å². The highest BCUT2D eigenvalue weighted by Gasteiger charge is 2.14. The number of aryl methyl sites for hydroxylation is 1. The number of carbonyl (C=O) groups is 1. The van der Waals surface area contributed by atoms with Gasteiger partial charge in [0.2, 0.25) is 11.9 Å². The topological polar surface area (TPSA) is 143 Å². The van der Waals surface area contributed by atoms with E-state index in [-0.39, 0.29) is 12.5 Å². The lowest BCUT2D eigenvalue weighted by Gasteiger charge is -2.06. The lowest BCUT2D eigenvalue weighted by atomic mass is 10.1. The number of primary amides is 1. The number of hydrogen-bond donors (Lipinski definition) is 2. The summed E-state index contributed by atoms with van der Waals surface area (Å²) in [6.45, 7) is 2.41. The van der Waals surface area contributed by atoms with E-state index in [1.807, 2.05) is 25.1 Å². The Bertz CT molecular complexity index is 1140. The summed E-state index contributed by atoms with van der Waals surface area (Å²) in [6, 6.07) is 7.64. The largest absolute Gasteiger partial charge is 0.368 e. The number of nitrogens with zero attached hydrogens (tertiary/aromatic N) is 7. The van der Waals surface area contributed by atoms with Crippen LogP contribution in [0, 0.1) is 6.92 Å². The third-order valence-electron chi connectivity index (χ3n) is 4.06. The maximum absolute atomic E-state index is 11.0. The fourth-order valence-corrected chi connectivity index (χ4v) is 2.89. The van der Waals surface area contributed by atoms with Gasteiger partial charge in [-0.05, 0) is 18.6 Å². The van der Waals surface area contributed by atoms with Gasteiger partial charge in [-0.15, -0.1) is 5.10 Å². The first-order chi connectivity index (χ1) is 13.0. The number of hydrogen-bond acceptors (Lipinski definition) is 7. The molecule has 0 aliphatic rings. The zero-order valence-corrected chi connectivity index (χ0v) is 14.6. The molecule has 4 aromatic rings. The molecule has 0 spiro atoms. The van der Waals surface area contributed by atoms with E-state index in [0.29, 0.717) is 17.9 Å². The molecule has 0 aliphatic heterocycles. The molecule has 3 heterocycles. The molecule has 10 heteroatoms. The zero-order valence-electron chi connectivity index (χ0n) is 14.6. The number of nitrogens with two attached hydrogens (primary N) is 2. The van der Waals surface area contributed by atoms with Gasteiger partial charge in [0.1, 0.15) is 17.9 Å². The smallest absolute Gasteiger partial charge is 0.239 e. The van der Waals surface area contributed by atoms with Crippen molar-refractivity contribution in [2.45, 2.75) is 20.0 Å². The van der Waals surface area contributed by atoms with Crippen molar-refractivity contribution in [2.24, 2.45) is 5.73 Å². The second-order valence-electron chi connectivity index (χ2n) is 6.17. The number of rotatable bonds is 5. The molecule has 3 aromatic heterocycles. The molecule has 0 atom stereocenters. The molecule has 0 aliphatic carbocycles. The SMILES string of the molecule is Cc1cccc2c(-c3cn(Cc4ccn(CC(N)=O)n4)nn3)nc(N)nc12. The molecule has 4 rings (SSSR count). The average molecular weight is 363 g/mol. The van der Waals surface area contributed by atoms with Crippen molar-refractivity contribution in [2.75, 3.05) is 5.73 Å². The quantitative estimate of drug-likeness (QED) is 0.525. The Hall–Kier alpha value is -3.82. The lowest BCUT2D eigenvalue weighted by molar-refractivity contribution is -0.118. The normalized spacial score (nSPS) is 11.1. The molecule has 27 heavy (non-hydrogen) atoms. The second-order valence-corrected chi connectivity index (χ2v) is 6.17. The highest BCUT2D eigenvalue weighted by molar-refractivity contribution is 5.93. The number of amides is 1. The summed E-state index contributed by atoms with van der Waals surface area (Å²) in [6.07, 6.45) is 3.47. The monoisotopic (exact) mass is 363 g/mol. The molecule has 0 unspecified atom stereocenters. The van der Waals surface area contributed by atoms with Gasteiger partial charge in [0.15, 0.2) is 0 Å². The van der Waals surface area contributed by atoms with Crippen molar-refractivity contribution in [1.82, 2.24) is 34.7 Å². The standard InChI is InChI=1S/C17H17N9O/c1-10-3-2-4-12-15(10)20-17(19)21-16(12)13-8-26(24-22-13)7-11-5-6-25(23-11)9-14(18)27/h2-6,8H,7,9H2,1H3,(H2,18,27)(H2,19,20,21). The van der Waals surface area contributed by atoms with Crippen molar-refractivity contribution >= 4 is 22.8 Å². The Morgan fingerprint density at radius 3 is 2.85 bits per heavy atom. The molecule has 0 bridgehead atoms. The van der Waals surface area contributed by atoms with Crippen LogP contribution in [0.15, 0.2) is 36.7 Å². The third-order valence-corrected chi connectivity index (χ3v) is 4.06. The number of fused-ring (bicyclic) bond motifs is 1. The summed E-state index contributed by atoms with van der Waals surface area (Å²) in [4.78, 5) is 19.6. The van der Waals surface area contributed by atoms with Crippen molar-refractivity contribution in [3.8, 4) is 11.4 Å². The minimum atomic E-state index is -0.448. The average Bonchev–Trinajstić information content (AvgIpc) is 3.24. The molecular weight excluding hydrogens is 346 g/mol. The van der Waals surface area contributed by atoms with Crippen LogP contribution < -0.4 is 11.5 Å². The Kier molecular flexibility index (Phi) is 3.99. The van der Waals surface area contributed by atoms with Gasteiger partial charge in [-0.1, -0.05) is 23.4 Å². The molecule has 0 saturated carbocycles. The molecule has 0 saturated heterocycles. The first-order valence-electron chi connectivity index (χ1n) is 8.23. The minimum absolute atomic E-state index is 0.0359. The molecule has 1 aromatic carbocycles. The van der Waals surface area contributed by atoms with Crippen LogP contribution in [-0.2, 0) is 17.9 Å². The van der Waals surface area contributed by atoms with Crippen molar-refractivity contribution in [3.05, 3.63) is 47.9 Å². The van der Waals surface area contributed by atoms with Gasteiger partial charge in [-0.2, -0.15) is 5.10 Å². The van der Waals surface area contributed by atoms with E-state index in [4.69, 9.17) is 11.5 Å². The van der Waals surface area contributed by atoms with Gasteiger partial charge in [0, 0.05) is 11.6 Å². The number of nitrogen functional groups attached to an aromatic ring is 1. The summed E-state index contributed by atoms with van der Waals surface area (Å²) in [5.41, 5.74) is 14.8. The van der Waals surface area contributed by atoms with E-state index in [1.54, 1.807) is 23.1 Å². The summed E-state index contributed by atoms with van der Waals surface area (Å²) >= 11 is 0. The predicted octanol–water partition coefficient (Wildman–Crippen LogP) is 0.509. The molecule has 10 nitrogen and oxygen atoms in total. The molecule has 136 valence electrons. The van der Waals surface area contributed by atoms with Crippen molar-refractivity contribution < 1.29 is 4.79 Å². The first kappa shape index (κ1) is 16.6. The molecule has 0 radical (unpaired) electrons. The maximum atomic E-state index is 11.0. The summed E-state index contributed by atoms with van der Waals surface area (Å²) in [7, 11) is 0. The van der Waals surface area contributed by atoms with Crippen LogP contribution in [0.4, 0.5) is 5.95 Å². The van der Waals surface area contributed by atoms with Crippen LogP contribution in [0.1, 0.15) is 11.3 Å². The van der Waals surface area contributed by atoms with Gasteiger partial charge in [0.25, 0.3) is 0 Å². The highest BCUT2D eigenvalue weighted by atomic mass is 16.1. The number of benzene rings is 1. The van der Waals surface area contributed by atoms with Gasteiger partial charge >= 0.3 is 0 Å². The van der Waals surface area contributed by atoms with Gasteiger partial charge in [0.05, 0.1) is 24.0 Å². The Labute approximate surface area is 153 Å². The van der Waals surface area contributed by atoms with E-state index in [2.05, 4.69) is 25.4 Å².